The Hall–Kier alpha value is -3.59. The third-order valence-corrected chi connectivity index (χ3v) is 15.5. The Bertz CT molecular complexity index is 1830. The molecule has 0 aliphatic heterocycles. The van der Waals surface area contributed by atoms with Gasteiger partial charge in [0.25, 0.3) is 7.82 Å². The van der Waals surface area contributed by atoms with Crippen LogP contribution in [0.4, 0.5) is 0 Å². The summed E-state index contributed by atoms with van der Waals surface area (Å²) in [5.41, 5.74) is 0. The minimum atomic E-state index is -4.65. The Balaban J connectivity index is 4.14. The van der Waals surface area contributed by atoms with Gasteiger partial charge in [-0.15, -0.1) is 0 Å². The minimum Gasteiger partial charge on any atom is -0.756 e. The molecule has 0 aliphatic carbocycles. The van der Waals surface area contributed by atoms with Crippen molar-refractivity contribution in [1.29, 1.82) is 0 Å². The van der Waals surface area contributed by atoms with E-state index in [0.717, 1.165) is 122 Å². The van der Waals surface area contributed by atoms with Crippen LogP contribution in [0, 0.1) is 0 Å². The normalized spacial score (nSPS) is 13.9. The fourth-order valence-corrected chi connectivity index (χ4v) is 10.0. The van der Waals surface area contributed by atoms with Crippen LogP contribution < -0.4 is 4.89 Å². The first-order valence-electron chi connectivity index (χ1n) is 34.2. The molecule has 0 aromatic carbocycles. The molecule has 0 spiro atoms. The maximum atomic E-state index is 12.9. The SMILES string of the molecule is CC/C=C\C/C=C\C/C=C\C/C=C\C/C=C\C/C=C\C/C=C\C/C=C\C/C=C\C/C=C\CCCCCCCCC(=O)OC(COC(=O)CCCCCCCCCCCCCCCCCCCCCCCCC)COP(=O)([O-])OCC[N+](C)(C)C. The van der Waals surface area contributed by atoms with Crippen molar-refractivity contribution in [2.24, 2.45) is 0 Å². The summed E-state index contributed by atoms with van der Waals surface area (Å²) in [6.45, 7) is 4.13. The van der Waals surface area contributed by atoms with E-state index in [-0.39, 0.29) is 32.0 Å². The van der Waals surface area contributed by atoms with E-state index < -0.39 is 26.5 Å². The second kappa shape index (κ2) is 63.9. The van der Waals surface area contributed by atoms with Gasteiger partial charge in [0.05, 0.1) is 27.7 Å². The Morgan fingerprint density at radius 3 is 1.01 bits per heavy atom. The number of allylic oxidation sites excluding steroid dienone is 20. The van der Waals surface area contributed by atoms with Gasteiger partial charge in [0.1, 0.15) is 19.8 Å². The Morgan fingerprint density at radius 2 is 0.679 bits per heavy atom. The first kappa shape index (κ1) is 80.4. The van der Waals surface area contributed by atoms with E-state index in [9.17, 15) is 19.0 Å². The van der Waals surface area contributed by atoms with Crippen molar-refractivity contribution >= 4 is 19.8 Å². The van der Waals surface area contributed by atoms with Crippen LogP contribution in [0.15, 0.2) is 122 Å². The number of hydrogen-bond donors (Lipinski definition) is 0. The first-order valence-corrected chi connectivity index (χ1v) is 35.7. The van der Waals surface area contributed by atoms with E-state index in [4.69, 9.17) is 18.5 Å². The number of unbranched alkanes of at least 4 members (excludes halogenated alkanes) is 28. The highest BCUT2D eigenvalue weighted by Crippen LogP contribution is 2.38. The molecule has 0 saturated carbocycles. The minimum absolute atomic E-state index is 0.0383. The molecule has 0 amide bonds. The smallest absolute Gasteiger partial charge is 0.306 e. The lowest BCUT2D eigenvalue weighted by Crippen LogP contribution is -2.37. The molecule has 0 aromatic heterocycles. The predicted molar refractivity (Wildman–Crippen MR) is 360 cm³/mol. The van der Waals surface area contributed by atoms with Crippen LogP contribution in [-0.2, 0) is 32.7 Å². The Kier molecular flexibility index (Phi) is 61.2. The molecule has 2 atom stereocenters. The predicted octanol–water partition coefficient (Wildman–Crippen LogP) is 21.6. The van der Waals surface area contributed by atoms with Gasteiger partial charge in [-0.05, 0) is 89.9 Å². The van der Waals surface area contributed by atoms with Crippen LogP contribution in [0.2, 0.25) is 0 Å². The lowest BCUT2D eigenvalue weighted by Gasteiger charge is -2.28. The van der Waals surface area contributed by atoms with Crippen molar-refractivity contribution in [2.75, 3.05) is 47.5 Å². The second-order valence-corrected chi connectivity index (χ2v) is 25.2. The molecule has 9 nitrogen and oxygen atoms in total. The van der Waals surface area contributed by atoms with Crippen LogP contribution >= 0.6 is 7.82 Å². The van der Waals surface area contributed by atoms with E-state index in [2.05, 4.69) is 135 Å². The zero-order chi connectivity index (χ0) is 61.2. The van der Waals surface area contributed by atoms with Crippen LogP contribution in [0.1, 0.15) is 284 Å². The summed E-state index contributed by atoms with van der Waals surface area (Å²) >= 11 is 0. The van der Waals surface area contributed by atoms with Crippen LogP contribution in [0.5, 0.6) is 0 Å². The van der Waals surface area contributed by atoms with Crippen molar-refractivity contribution in [3.05, 3.63) is 122 Å². The number of quaternary nitrogens is 1. The molecule has 2 unspecified atom stereocenters. The molecule has 84 heavy (non-hydrogen) atoms. The average molecular weight is 1190 g/mol. The summed E-state index contributed by atoms with van der Waals surface area (Å²) in [4.78, 5) is 38.0. The van der Waals surface area contributed by atoms with Gasteiger partial charge in [-0.2, -0.15) is 0 Å². The molecule has 10 heteroatoms. The molecule has 0 fully saturated rings. The van der Waals surface area contributed by atoms with Crippen molar-refractivity contribution in [2.45, 2.75) is 290 Å². The molecule has 0 aliphatic rings. The lowest BCUT2D eigenvalue weighted by atomic mass is 10.0. The quantitative estimate of drug-likeness (QED) is 0.0195. The van der Waals surface area contributed by atoms with Gasteiger partial charge in [0.15, 0.2) is 6.10 Å². The monoisotopic (exact) mass is 1190 g/mol. The van der Waals surface area contributed by atoms with Gasteiger partial charge in [0, 0.05) is 12.8 Å². The van der Waals surface area contributed by atoms with E-state index >= 15 is 0 Å². The Labute approximate surface area is 518 Å². The molecule has 0 rings (SSSR count). The summed E-state index contributed by atoms with van der Waals surface area (Å²) in [6.07, 6.45) is 91.2. The van der Waals surface area contributed by atoms with Crippen LogP contribution in [0.3, 0.4) is 0 Å². The maximum absolute atomic E-state index is 12.9. The molecule has 0 N–H and O–H groups in total. The summed E-state index contributed by atoms with van der Waals surface area (Å²) < 4.78 is 34.3. The highest BCUT2D eigenvalue weighted by Gasteiger charge is 2.22. The van der Waals surface area contributed by atoms with Gasteiger partial charge >= 0.3 is 11.9 Å². The van der Waals surface area contributed by atoms with E-state index in [0.29, 0.717) is 17.4 Å². The summed E-state index contributed by atoms with van der Waals surface area (Å²) in [5, 5.41) is 0. The van der Waals surface area contributed by atoms with Gasteiger partial charge in [-0.25, -0.2) is 0 Å². The second-order valence-electron chi connectivity index (χ2n) is 23.8. The van der Waals surface area contributed by atoms with Crippen molar-refractivity contribution in [1.82, 2.24) is 0 Å². The molecule has 482 valence electrons. The number of carbonyl (C=O) groups excluding carboxylic acids is 2. The highest BCUT2D eigenvalue weighted by atomic mass is 31.2. The fraction of sp³-hybridized carbons (Fsp3) is 0.703. The number of hydrogen-bond acceptors (Lipinski definition) is 8. The van der Waals surface area contributed by atoms with Crippen LogP contribution in [0.25, 0.3) is 0 Å². The molecule has 0 radical (unpaired) electrons. The molecule has 0 saturated heterocycles. The Morgan fingerprint density at radius 1 is 0.381 bits per heavy atom. The number of phosphoric acid groups is 1. The number of phosphoric ester groups is 1. The van der Waals surface area contributed by atoms with Crippen LogP contribution in [-0.4, -0.2) is 70.0 Å². The van der Waals surface area contributed by atoms with Gasteiger partial charge in [-0.1, -0.05) is 302 Å². The summed E-state index contributed by atoms with van der Waals surface area (Å²) in [6, 6.07) is 0. The third kappa shape index (κ3) is 67.5. The maximum Gasteiger partial charge on any atom is 0.306 e. The summed E-state index contributed by atoms with van der Waals surface area (Å²) in [5.74, 6) is -0.847. The topological polar surface area (TPSA) is 111 Å². The fourth-order valence-electron chi connectivity index (χ4n) is 9.27. The van der Waals surface area contributed by atoms with Gasteiger partial charge in [0.2, 0.25) is 0 Å². The molecular weight excluding hydrogens is 1060 g/mol. The number of rotatable bonds is 62. The number of esters is 2. The van der Waals surface area contributed by atoms with Crippen molar-refractivity contribution in [3.63, 3.8) is 0 Å². The lowest BCUT2D eigenvalue weighted by molar-refractivity contribution is -0.870. The average Bonchev–Trinajstić information content (AvgIpc) is 3.61. The third-order valence-electron chi connectivity index (χ3n) is 14.5. The van der Waals surface area contributed by atoms with E-state index in [1.807, 2.05) is 21.1 Å². The van der Waals surface area contributed by atoms with Crippen molar-refractivity contribution in [3.8, 4) is 0 Å². The first-order chi connectivity index (χ1) is 41.0. The molecule has 0 aromatic rings. The van der Waals surface area contributed by atoms with E-state index in [1.54, 1.807) is 0 Å². The highest BCUT2D eigenvalue weighted by molar-refractivity contribution is 7.45. The zero-order valence-corrected chi connectivity index (χ0v) is 55.7. The van der Waals surface area contributed by atoms with Crippen molar-refractivity contribution < 1.29 is 42.1 Å². The largest absolute Gasteiger partial charge is 0.756 e. The molecule has 0 bridgehead atoms. The van der Waals surface area contributed by atoms with Gasteiger partial charge in [-0.3, -0.25) is 14.2 Å². The van der Waals surface area contributed by atoms with E-state index in [1.165, 1.54) is 128 Å². The number of likely N-dealkylation sites (N-methyl/N-ethyl adjacent to an activating group) is 1. The number of ether oxygens (including phenoxy) is 2. The molecule has 0 heterocycles. The molecular formula is C74H128NO8P. The van der Waals surface area contributed by atoms with Gasteiger partial charge < -0.3 is 27.9 Å². The number of nitrogens with zero attached hydrogens (tertiary/aromatic N) is 1. The standard InChI is InChI=1S/C74H128NO8P/c1-6-8-10-12-14-16-18-20-22-24-26-28-30-31-32-33-34-35-36-37-38-39-40-41-42-43-45-47-49-51-53-55-57-59-61-63-65-67-74(77)83-72(71-82-84(78,79)81-69-68-75(3,4)5)70-80-73(76)66-64-62-60-58-56-54-52-50-48-46-44-29-27-25-23-21-19-17-15-13-11-9-7-2/h8,10,14,16,20,22,26,28,31-32,34-35,37-38,40-41,43,45,49,51,72H,6-7,9,11-13,15,17-19,21,23-25,27,29-30,33,36,39,42,44,46-48,50,52-71H2,1-5H3/b10-8-,16-14-,22-20-,28-26-,32-31-,35-34-,38-37-,41-40-,45-43-,51-49-. The number of carbonyl (C=O) groups is 2. The zero-order valence-electron chi connectivity index (χ0n) is 54.8. The summed E-state index contributed by atoms with van der Waals surface area (Å²) in [7, 11) is 1.15.